The summed E-state index contributed by atoms with van der Waals surface area (Å²) in [5.74, 6) is -3.03. The zero-order valence-electron chi connectivity index (χ0n) is 8.61. The lowest BCUT2D eigenvalue weighted by Crippen LogP contribution is -2.23. The Kier molecular flexibility index (Phi) is 2.87. The van der Waals surface area contributed by atoms with E-state index in [0.29, 0.717) is 0 Å². The van der Waals surface area contributed by atoms with Crippen molar-refractivity contribution in [2.24, 2.45) is 0 Å². The van der Waals surface area contributed by atoms with E-state index >= 15 is 0 Å². The van der Waals surface area contributed by atoms with Gasteiger partial charge in [0, 0.05) is 11.1 Å². The molecule has 2 rings (SSSR count). The molecule has 2 aromatic carbocycles. The molecule has 0 aliphatic rings. The number of carboxylic acid groups (broad SMARTS) is 1. The SMILES string of the molecule is O=C([O-])c1ccc(-c2ccccc2F)cc1F. The Labute approximate surface area is 96.1 Å². The molecule has 2 aromatic rings. The van der Waals surface area contributed by atoms with Crippen LogP contribution in [0.4, 0.5) is 8.78 Å². The Morgan fingerprint density at radius 3 is 2.29 bits per heavy atom. The first-order valence-electron chi connectivity index (χ1n) is 4.85. The van der Waals surface area contributed by atoms with Crippen LogP contribution in [-0.2, 0) is 0 Å². The molecule has 0 bridgehead atoms. The van der Waals surface area contributed by atoms with Gasteiger partial charge >= 0.3 is 0 Å². The summed E-state index contributed by atoms with van der Waals surface area (Å²) in [6.07, 6.45) is 0. The van der Waals surface area contributed by atoms with E-state index in [1.165, 1.54) is 24.3 Å². The number of carbonyl (C=O) groups excluding carboxylic acids is 1. The molecule has 0 spiro atoms. The zero-order valence-corrected chi connectivity index (χ0v) is 8.61. The lowest BCUT2D eigenvalue weighted by atomic mass is 10.0. The van der Waals surface area contributed by atoms with Gasteiger partial charge in [0.15, 0.2) is 0 Å². The molecular weight excluding hydrogens is 226 g/mol. The molecule has 0 saturated heterocycles. The third-order valence-corrected chi connectivity index (χ3v) is 2.37. The minimum atomic E-state index is -1.59. The normalized spacial score (nSPS) is 10.2. The van der Waals surface area contributed by atoms with Gasteiger partial charge in [0.05, 0.1) is 5.97 Å². The van der Waals surface area contributed by atoms with Crippen molar-refractivity contribution < 1.29 is 18.7 Å². The van der Waals surface area contributed by atoms with Gasteiger partial charge in [-0.15, -0.1) is 0 Å². The van der Waals surface area contributed by atoms with Crippen LogP contribution >= 0.6 is 0 Å². The molecule has 86 valence electrons. The summed E-state index contributed by atoms with van der Waals surface area (Å²) in [6.45, 7) is 0. The third-order valence-electron chi connectivity index (χ3n) is 2.37. The van der Waals surface area contributed by atoms with Crippen LogP contribution in [0.2, 0.25) is 0 Å². The molecule has 4 heteroatoms. The summed E-state index contributed by atoms with van der Waals surface area (Å²) in [7, 11) is 0. The summed E-state index contributed by atoms with van der Waals surface area (Å²) >= 11 is 0. The number of hydrogen-bond donors (Lipinski definition) is 0. The lowest BCUT2D eigenvalue weighted by molar-refractivity contribution is -0.255. The summed E-state index contributed by atoms with van der Waals surface area (Å²) < 4.78 is 26.8. The fourth-order valence-corrected chi connectivity index (χ4v) is 1.54. The van der Waals surface area contributed by atoms with Crippen molar-refractivity contribution in [1.82, 2.24) is 0 Å². The quantitative estimate of drug-likeness (QED) is 0.795. The Morgan fingerprint density at radius 1 is 1.00 bits per heavy atom. The highest BCUT2D eigenvalue weighted by molar-refractivity contribution is 5.87. The van der Waals surface area contributed by atoms with Crippen LogP contribution in [0.3, 0.4) is 0 Å². The topological polar surface area (TPSA) is 40.1 Å². The molecule has 0 aliphatic heterocycles. The van der Waals surface area contributed by atoms with E-state index in [1.807, 2.05) is 0 Å². The third kappa shape index (κ3) is 2.15. The molecule has 0 saturated carbocycles. The van der Waals surface area contributed by atoms with Crippen molar-refractivity contribution in [3.05, 3.63) is 59.7 Å². The number of rotatable bonds is 2. The maximum atomic E-state index is 13.4. The number of benzene rings is 2. The highest BCUT2D eigenvalue weighted by Crippen LogP contribution is 2.24. The van der Waals surface area contributed by atoms with Crippen LogP contribution in [0.5, 0.6) is 0 Å². The molecule has 0 fully saturated rings. The van der Waals surface area contributed by atoms with Crippen LogP contribution in [0.15, 0.2) is 42.5 Å². The van der Waals surface area contributed by atoms with Crippen LogP contribution < -0.4 is 5.11 Å². The molecule has 2 nitrogen and oxygen atoms in total. The van der Waals surface area contributed by atoms with Crippen molar-refractivity contribution in [3.8, 4) is 11.1 Å². The monoisotopic (exact) mass is 233 g/mol. The number of hydrogen-bond acceptors (Lipinski definition) is 2. The van der Waals surface area contributed by atoms with Gasteiger partial charge in [-0.25, -0.2) is 8.78 Å². The van der Waals surface area contributed by atoms with E-state index in [9.17, 15) is 18.7 Å². The number of carboxylic acids is 1. The first-order valence-corrected chi connectivity index (χ1v) is 4.85. The summed E-state index contributed by atoms with van der Waals surface area (Å²) in [6, 6.07) is 9.25. The maximum Gasteiger partial charge on any atom is 0.132 e. The number of aromatic carboxylic acids is 1. The van der Waals surface area contributed by atoms with Gasteiger partial charge < -0.3 is 9.90 Å². The zero-order chi connectivity index (χ0) is 12.4. The smallest absolute Gasteiger partial charge is 0.132 e. The number of carbonyl (C=O) groups is 1. The Balaban J connectivity index is 2.52. The summed E-state index contributed by atoms with van der Waals surface area (Å²) in [5, 5.41) is 10.5. The molecule has 0 aliphatic carbocycles. The average molecular weight is 233 g/mol. The summed E-state index contributed by atoms with van der Waals surface area (Å²) in [5.41, 5.74) is -0.0352. The van der Waals surface area contributed by atoms with E-state index in [4.69, 9.17) is 0 Å². The molecule has 0 atom stereocenters. The summed E-state index contributed by atoms with van der Waals surface area (Å²) in [4.78, 5) is 10.5. The van der Waals surface area contributed by atoms with E-state index in [2.05, 4.69) is 0 Å². The van der Waals surface area contributed by atoms with Crippen LogP contribution in [-0.4, -0.2) is 5.97 Å². The van der Waals surface area contributed by atoms with Gasteiger partial charge in [-0.05, 0) is 23.8 Å². The van der Waals surface area contributed by atoms with Crippen LogP contribution in [0.1, 0.15) is 10.4 Å². The Morgan fingerprint density at radius 2 is 1.71 bits per heavy atom. The molecule has 0 N–H and O–H groups in total. The van der Waals surface area contributed by atoms with Crippen molar-refractivity contribution >= 4 is 5.97 Å². The maximum absolute atomic E-state index is 13.4. The molecule has 0 unspecified atom stereocenters. The van der Waals surface area contributed by atoms with Gasteiger partial charge in [0.25, 0.3) is 0 Å². The van der Waals surface area contributed by atoms with Crippen LogP contribution in [0.25, 0.3) is 11.1 Å². The fourth-order valence-electron chi connectivity index (χ4n) is 1.54. The van der Waals surface area contributed by atoms with Crippen molar-refractivity contribution in [2.45, 2.75) is 0 Å². The highest BCUT2D eigenvalue weighted by atomic mass is 19.1. The molecule has 0 aromatic heterocycles. The van der Waals surface area contributed by atoms with E-state index < -0.39 is 23.2 Å². The second kappa shape index (κ2) is 4.33. The molecule has 17 heavy (non-hydrogen) atoms. The molecule has 0 heterocycles. The fraction of sp³-hybridized carbons (Fsp3) is 0. The first kappa shape index (κ1) is 11.3. The second-order valence-electron chi connectivity index (χ2n) is 3.46. The number of halogens is 2. The predicted molar refractivity (Wildman–Crippen MR) is 56.1 cm³/mol. The standard InChI is InChI=1S/C13H8F2O2/c14-11-4-2-1-3-9(11)8-5-6-10(13(16)17)12(15)7-8/h1-7H,(H,16,17)/p-1. The van der Waals surface area contributed by atoms with Gasteiger partial charge in [0.2, 0.25) is 0 Å². The largest absolute Gasteiger partial charge is 0.545 e. The van der Waals surface area contributed by atoms with Crippen LogP contribution in [0, 0.1) is 11.6 Å². The van der Waals surface area contributed by atoms with Crippen molar-refractivity contribution in [1.29, 1.82) is 0 Å². The molecule has 0 amide bonds. The van der Waals surface area contributed by atoms with E-state index in [0.717, 1.165) is 12.1 Å². The second-order valence-corrected chi connectivity index (χ2v) is 3.46. The molecule has 0 radical (unpaired) electrons. The highest BCUT2D eigenvalue weighted by Gasteiger charge is 2.08. The van der Waals surface area contributed by atoms with E-state index in [-0.39, 0.29) is 11.1 Å². The Bertz CT molecular complexity index is 579. The average Bonchev–Trinajstić information content (AvgIpc) is 2.29. The minimum absolute atomic E-state index is 0.219. The molecular formula is C13H7F2O2-. The predicted octanol–water partition coefficient (Wildman–Crippen LogP) is 2.00. The minimum Gasteiger partial charge on any atom is -0.545 e. The van der Waals surface area contributed by atoms with E-state index in [1.54, 1.807) is 6.07 Å². The lowest BCUT2D eigenvalue weighted by Gasteiger charge is -2.07. The first-order chi connectivity index (χ1) is 8.09. The van der Waals surface area contributed by atoms with Gasteiger partial charge in [-0.1, -0.05) is 24.3 Å². The van der Waals surface area contributed by atoms with Gasteiger partial charge in [0.1, 0.15) is 11.6 Å². The Hall–Kier alpha value is -2.23. The van der Waals surface area contributed by atoms with Gasteiger partial charge in [-0.3, -0.25) is 0 Å². The van der Waals surface area contributed by atoms with Crippen molar-refractivity contribution in [3.63, 3.8) is 0 Å². The van der Waals surface area contributed by atoms with Crippen molar-refractivity contribution in [2.75, 3.05) is 0 Å². The van der Waals surface area contributed by atoms with Gasteiger partial charge in [-0.2, -0.15) is 0 Å².